The molecule has 0 aliphatic carbocycles. The van der Waals surface area contributed by atoms with Crippen LogP contribution in [-0.4, -0.2) is 33.9 Å². The highest BCUT2D eigenvalue weighted by molar-refractivity contribution is 5.82. The monoisotopic (exact) mass is 354 g/mol. The standard InChI is InChI=1S/C20H22N2O4/c23-17(19(24)16-8-4-7-15-9-11-21-18(15)16)10-12-22-20(25)26-13-14-5-2-1-3-6-14/h1-9,11,17,19,21,23-24H,10,12-13H2,(H,22,25). The summed E-state index contributed by atoms with van der Waals surface area (Å²) >= 11 is 0. The van der Waals surface area contributed by atoms with E-state index < -0.39 is 18.3 Å². The van der Waals surface area contributed by atoms with Gasteiger partial charge in [-0.3, -0.25) is 0 Å². The Morgan fingerprint density at radius 1 is 1.08 bits per heavy atom. The molecule has 2 unspecified atom stereocenters. The molecule has 26 heavy (non-hydrogen) atoms. The summed E-state index contributed by atoms with van der Waals surface area (Å²) in [4.78, 5) is 14.8. The van der Waals surface area contributed by atoms with E-state index >= 15 is 0 Å². The zero-order valence-electron chi connectivity index (χ0n) is 14.3. The molecule has 136 valence electrons. The molecule has 3 rings (SSSR count). The van der Waals surface area contributed by atoms with Crippen molar-refractivity contribution in [1.82, 2.24) is 10.3 Å². The Morgan fingerprint density at radius 3 is 2.69 bits per heavy atom. The number of aliphatic hydroxyl groups excluding tert-OH is 2. The first-order chi connectivity index (χ1) is 12.6. The average Bonchev–Trinajstić information content (AvgIpc) is 3.15. The van der Waals surface area contributed by atoms with Crippen LogP contribution in [0, 0.1) is 0 Å². The number of aromatic nitrogens is 1. The third-order valence-corrected chi connectivity index (χ3v) is 4.22. The van der Waals surface area contributed by atoms with Crippen LogP contribution in [0.3, 0.4) is 0 Å². The molecule has 4 N–H and O–H groups in total. The second-order valence-electron chi connectivity index (χ2n) is 6.08. The minimum atomic E-state index is -1.04. The number of carbonyl (C=O) groups excluding carboxylic acids is 1. The van der Waals surface area contributed by atoms with E-state index in [4.69, 9.17) is 4.74 Å². The van der Waals surface area contributed by atoms with Gasteiger partial charge in [0.1, 0.15) is 12.7 Å². The molecule has 0 saturated carbocycles. The molecule has 1 aromatic heterocycles. The minimum absolute atomic E-state index is 0.187. The summed E-state index contributed by atoms with van der Waals surface area (Å²) in [5.41, 5.74) is 2.33. The first-order valence-corrected chi connectivity index (χ1v) is 8.52. The van der Waals surface area contributed by atoms with Gasteiger partial charge in [0.15, 0.2) is 0 Å². The van der Waals surface area contributed by atoms with E-state index in [2.05, 4.69) is 10.3 Å². The topological polar surface area (TPSA) is 94.6 Å². The van der Waals surface area contributed by atoms with Gasteiger partial charge in [0.2, 0.25) is 0 Å². The summed E-state index contributed by atoms with van der Waals surface area (Å²) in [6.45, 7) is 0.388. The lowest BCUT2D eigenvalue weighted by atomic mass is 10.00. The fourth-order valence-corrected chi connectivity index (χ4v) is 2.82. The van der Waals surface area contributed by atoms with Gasteiger partial charge >= 0.3 is 6.09 Å². The van der Waals surface area contributed by atoms with Crippen LogP contribution >= 0.6 is 0 Å². The Hall–Kier alpha value is -2.83. The summed E-state index contributed by atoms with van der Waals surface area (Å²) in [5, 5.41) is 24.2. The quantitative estimate of drug-likeness (QED) is 0.525. The number of hydrogen-bond donors (Lipinski definition) is 4. The first-order valence-electron chi connectivity index (χ1n) is 8.52. The van der Waals surface area contributed by atoms with Crippen LogP contribution < -0.4 is 5.32 Å². The molecular formula is C20H22N2O4. The average molecular weight is 354 g/mol. The van der Waals surface area contributed by atoms with Crippen LogP contribution in [0.5, 0.6) is 0 Å². The number of hydrogen-bond acceptors (Lipinski definition) is 4. The van der Waals surface area contributed by atoms with Crippen molar-refractivity contribution >= 4 is 17.0 Å². The number of fused-ring (bicyclic) bond motifs is 1. The van der Waals surface area contributed by atoms with Crippen molar-refractivity contribution in [3.05, 3.63) is 71.9 Å². The van der Waals surface area contributed by atoms with Crippen LogP contribution in [0.25, 0.3) is 10.9 Å². The number of H-pyrrole nitrogens is 1. The Bertz CT molecular complexity index is 847. The first kappa shape index (κ1) is 18.0. The molecule has 1 heterocycles. The lowest BCUT2D eigenvalue weighted by molar-refractivity contribution is 0.0144. The van der Waals surface area contributed by atoms with Gasteiger partial charge in [0, 0.05) is 18.3 Å². The van der Waals surface area contributed by atoms with Gasteiger partial charge in [-0.1, -0.05) is 48.5 Å². The van der Waals surface area contributed by atoms with Gasteiger partial charge in [-0.15, -0.1) is 0 Å². The maximum Gasteiger partial charge on any atom is 0.407 e. The molecule has 2 aromatic carbocycles. The van der Waals surface area contributed by atoms with E-state index in [1.54, 1.807) is 12.3 Å². The van der Waals surface area contributed by atoms with E-state index in [-0.39, 0.29) is 19.6 Å². The molecule has 0 fully saturated rings. The Morgan fingerprint density at radius 2 is 1.88 bits per heavy atom. The molecule has 1 amide bonds. The van der Waals surface area contributed by atoms with Crippen molar-refractivity contribution in [2.75, 3.05) is 6.54 Å². The lowest BCUT2D eigenvalue weighted by Crippen LogP contribution is -2.29. The van der Waals surface area contributed by atoms with Crippen LogP contribution in [-0.2, 0) is 11.3 Å². The number of aromatic amines is 1. The van der Waals surface area contributed by atoms with E-state index in [0.717, 1.165) is 16.5 Å². The van der Waals surface area contributed by atoms with Crippen LogP contribution in [0.1, 0.15) is 23.7 Å². The van der Waals surface area contributed by atoms with Gasteiger partial charge in [0.25, 0.3) is 0 Å². The Balaban J connectivity index is 1.45. The fourth-order valence-electron chi connectivity index (χ4n) is 2.82. The van der Waals surface area contributed by atoms with Crippen molar-refractivity contribution in [2.24, 2.45) is 0 Å². The van der Waals surface area contributed by atoms with Crippen molar-refractivity contribution < 1.29 is 19.7 Å². The molecule has 0 radical (unpaired) electrons. The van der Waals surface area contributed by atoms with Crippen LogP contribution in [0.15, 0.2) is 60.8 Å². The molecular weight excluding hydrogens is 332 g/mol. The van der Waals surface area contributed by atoms with Crippen molar-refractivity contribution in [3.8, 4) is 0 Å². The second kappa shape index (κ2) is 8.51. The van der Waals surface area contributed by atoms with Gasteiger partial charge < -0.3 is 25.3 Å². The van der Waals surface area contributed by atoms with Gasteiger partial charge in [-0.05, 0) is 23.4 Å². The van der Waals surface area contributed by atoms with E-state index in [9.17, 15) is 15.0 Å². The molecule has 6 heteroatoms. The summed E-state index contributed by atoms with van der Waals surface area (Å²) in [7, 11) is 0. The molecule has 0 spiro atoms. The number of para-hydroxylation sites is 1. The third-order valence-electron chi connectivity index (χ3n) is 4.22. The molecule has 3 aromatic rings. The minimum Gasteiger partial charge on any atom is -0.445 e. The van der Waals surface area contributed by atoms with Gasteiger partial charge in [-0.2, -0.15) is 0 Å². The molecule has 2 atom stereocenters. The summed E-state index contributed by atoms with van der Waals surface area (Å²) < 4.78 is 5.10. The number of aliphatic hydroxyl groups is 2. The fraction of sp³-hybridized carbons (Fsp3) is 0.250. The second-order valence-corrected chi connectivity index (χ2v) is 6.08. The van der Waals surface area contributed by atoms with E-state index in [0.29, 0.717) is 5.56 Å². The lowest BCUT2D eigenvalue weighted by Gasteiger charge is -2.19. The van der Waals surface area contributed by atoms with Crippen molar-refractivity contribution in [1.29, 1.82) is 0 Å². The SMILES string of the molecule is O=C(NCCC(O)C(O)c1cccc2cc[nH]c12)OCc1ccccc1. The number of benzene rings is 2. The Kier molecular flexibility index (Phi) is 5.88. The predicted molar refractivity (Wildman–Crippen MR) is 98.5 cm³/mol. The highest BCUT2D eigenvalue weighted by Gasteiger charge is 2.20. The molecule has 0 aliphatic heterocycles. The van der Waals surface area contributed by atoms with E-state index in [1.807, 2.05) is 48.5 Å². The number of rotatable bonds is 7. The summed E-state index contributed by atoms with van der Waals surface area (Å²) in [5.74, 6) is 0. The third kappa shape index (κ3) is 4.41. The summed E-state index contributed by atoms with van der Waals surface area (Å²) in [6, 6.07) is 16.8. The highest BCUT2D eigenvalue weighted by atomic mass is 16.5. The number of alkyl carbamates (subject to hydrolysis) is 1. The van der Waals surface area contributed by atoms with Crippen molar-refractivity contribution in [2.45, 2.75) is 25.2 Å². The number of ether oxygens (including phenoxy) is 1. The van der Waals surface area contributed by atoms with Crippen LogP contribution in [0.4, 0.5) is 4.79 Å². The van der Waals surface area contributed by atoms with Crippen LogP contribution in [0.2, 0.25) is 0 Å². The maximum atomic E-state index is 11.7. The summed E-state index contributed by atoms with van der Waals surface area (Å²) in [6.07, 6.45) is -0.601. The van der Waals surface area contributed by atoms with Gasteiger partial charge in [0.05, 0.1) is 11.6 Å². The molecule has 0 bridgehead atoms. The largest absolute Gasteiger partial charge is 0.445 e. The Labute approximate surface area is 151 Å². The molecule has 0 aliphatic rings. The highest BCUT2D eigenvalue weighted by Crippen LogP contribution is 2.26. The number of carbonyl (C=O) groups is 1. The van der Waals surface area contributed by atoms with E-state index in [1.165, 1.54) is 0 Å². The van der Waals surface area contributed by atoms with Crippen molar-refractivity contribution in [3.63, 3.8) is 0 Å². The number of amides is 1. The number of nitrogens with one attached hydrogen (secondary N) is 2. The molecule has 0 saturated heterocycles. The molecule has 6 nitrogen and oxygen atoms in total. The zero-order chi connectivity index (χ0) is 18.4. The maximum absolute atomic E-state index is 11.7. The normalized spacial score (nSPS) is 13.3. The predicted octanol–water partition coefficient (Wildman–Crippen LogP) is 2.88. The smallest absolute Gasteiger partial charge is 0.407 e. The van der Waals surface area contributed by atoms with Gasteiger partial charge in [-0.25, -0.2) is 4.79 Å². The zero-order valence-corrected chi connectivity index (χ0v) is 14.3.